The molecule has 0 aliphatic rings. The molecule has 0 fully saturated rings. The van der Waals surface area contributed by atoms with E-state index in [0.717, 1.165) is 13.1 Å². The van der Waals surface area contributed by atoms with Gasteiger partial charge in [-0.3, -0.25) is 4.90 Å². The molecule has 0 heterocycles. The van der Waals surface area contributed by atoms with Crippen LogP contribution >= 0.6 is 0 Å². The van der Waals surface area contributed by atoms with Crippen LogP contribution in [0.5, 0.6) is 0 Å². The van der Waals surface area contributed by atoms with Gasteiger partial charge in [-0.25, -0.2) is 0 Å². The smallest absolute Gasteiger partial charge is 0.0234 e. The molecule has 1 rings (SSSR count). The van der Waals surface area contributed by atoms with E-state index in [9.17, 15) is 0 Å². The number of nitrogens with zero attached hydrogens (tertiary/aromatic N) is 1. The summed E-state index contributed by atoms with van der Waals surface area (Å²) in [6.45, 7) is 4.28. The minimum absolute atomic E-state index is 0.570. The summed E-state index contributed by atoms with van der Waals surface area (Å²) in [5.74, 6) is 0. The van der Waals surface area contributed by atoms with Crippen molar-refractivity contribution in [3.8, 4) is 0 Å². The molecule has 1 unspecified atom stereocenters. The van der Waals surface area contributed by atoms with Gasteiger partial charge in [-0.1, -0.05) is 30.3 Å². The first-order chi connectivity index (χ1) is 6.74. The Balaban J connectivity index is 2.44. The summed E-state index contributed by atoms with van der Waals surface area (Å²) >= 11 is 0. The van der Waals surface area contributed by atoms with Crippen LogP contribution in [0.25, 0.3) is 0 Å². The SMILES string of the molecule is CNCC(C)N(C)Cc1ccccc1. The zero-order chi connectivity index (χ0) is 10.4. The third-order valence-corrected chi connectivity index (χ3v) is 2.53. The highest BCUT2D eigenvalue weighted by molar-refractivity contribution is 5.14. The van der Waals surface area contributed by atoms with Gasteiger partial charge >= 0.3 is 0 Å². The first-order valence-electron chi connectivity index (χ1n) is 5.13. The largest absolute Gasteiger partial charge is 0.318 e. The Hall–Kier alpha value is -0.860. The van der Waals surface area contributed by atoms with Crippen molar-refractivity contribution < 1.29 is 0 Å². The van der Waals surface area contributed by atoms with Crippen LogP contribution in [0, 0.1) is 0 Å². The van der Waals surface area contributed by atoms with Crippen molar-refractivity contribution in [1.82, 2.24) is 10.2 Å². The number of likely N-dealkylation sites (N-methyl/N-ethyl adjacent to an activating group) is 2. The van der Waals surface area contributed by atoms with Crippen LogP contribution in [0.15, 0.2) is 30.3 Å². The van der Waals surface area contributed by atoms with Gasteiger partial charge in [0.05, 0.1) is 0 Å². The zero-order valence-corrected chi connectivity index (χ0v) is 9.33. The molecule has 1 aromatic carbocycles. The van der Waals surface area contributed by atoms with Crippen LogP contribution in [0.1, 0.15) is 12.5 Å². The molecule has 0 saturated heterocycles. The number of rotatable bonds is 5. The standard InChI is InChI=1S/C12H20N2/c1-11(9-13-2)14(3)10-12-7-5-4-6-8-12/h4-8,11,13H,9-10H2,1-3H3. The van der Waals surface area contributed by atoms with E-state index in [1.54, 1.807) is 0 Å². The lowest BCUT2D eigenvalue weighted by molar-refractivity contribution is 0.246. The maximum atomic E-state index is 3.19. The van der Waals surface area contributed by atoms with Crippen molar-refractivity contribution >= 4 is 0 Å². The fourth-order valence-corrected chi connectivity index (χ4v) is 1.48. The molecule has 1 atom stereocenters. The molecule has 0 saturated carbocycles. The average molecular weight is 192 g/mol. The minimum Gasteiger partial charge on any atom is -0.318 e. The number of nitrogens with one attached hydrogen (secondary N) is 1. The molecule has 0 amide bonds. The van der Waals surface area contributed by atoms with E-state index in [0.29, 0.717) is 6.04 Å². The molecule has 2 nitrogen and oxygen atoms in total. The molecule has 0 aromatic heterocycles. The Morgan fingerprint density at radius 3 is 2.50 bits per heavy atom. The molecule has 1 N–H and O–H groups in total. The Morgan fingerprint density at radius 2 is 1.93 bits per heavy atom. The zero-order valence-electron chi connectivity index (χ0n) is 9.33. The van der Waals surface area contributed by atoms with Gasteiger partial charge in [0.2, 0.25) is 0 Å². The van der Waals surface area contributed by atoms with Gasteiger partial charge in [-0.2, -0.15) is 0 Å². The highest BCUT2D eigenvalue weighted by Crippen LogP contribution is 2.05. The lowest BCUT2D eigenvalue weighted by Crippen LogP contribution is -2.36. The van der Waals surface area contributed by atoms with Crippen molar-refractivity contribution in [2.75, 3.05) is 20.6 Å². The van der Waals surface area contributed by atoms with E-state index in [-0.39, 0.29) is 0 Å². The first-order valence-corrected chi connectivity index (χ1v) is 5.13. The van der Waals surface area contributed by atoms with Crippen LogP contribution in [0.3, 0.4) is 0 Å². The van der Waals surface area contributed by atoms with Gasteiger partial charge in [0.15, 0.2) is 0 Å². The van der Waals surface area contributed by atoms with E-state index >= 15 is 0 Å². The van der Waals surface area contributed by atoms with Gasteiger partial charge in [-0.15, -0.1) is 0 Å². The van der Waals surface area contributed by atoms with E-state index in [1.807, 2.05) is 7.05 Å². The molecule has 1 aromatic rings. The molecule has 14 heavy (non-hydrogen) atoms. The van der Waals surface area contributed by atoms with Crippen LogP contribution in [-0.2, 0) is 6.54 Å². The van der Waals surface area contributed by atoms with Crippen LogP contribution in [0.4, 0.5) is 0 Å². The van der Waals surface area contributed by atoms with Crippen molar-refractivity contribution in [3.05, 3.63) is 35.9 Å². The van der Waals surface area contributed by atoms with Crippen molar-refractivity contribution in [3.63, 3.8) is 0 Å². The molecule has 0 aliphatic heterocycles. The summed E-state index contributed by atoms with van der Waals surface area (Å²) in [7, 11) is 4.15. The van der Waals surface area contributed by atoms with Crippen molar-refractivity contribution in [2.45, 2.75) is 19.5 Å². The molecule has 78 valence electrons. The van der Waals surface area contributed by atoms with Gasteiger partial charge in [0.1, 0.15) is 0 Å². The highest BCUT2D eigenvalue weighted by Gasteiger charge is 2.07. The van der Waals surface area contributed by atoms with E-state index < -0.39 is 0 Å². The lowest BCUT2D eigenvalue weighted by atomic mass is 10.2. The molecule has 0 bridgehead atoms. The molecular weight excluding hydrogens is 172 g/mol. The van der Waals surface area contributed by atoms with E-state index in [2.05, 4.69) is 54.5 Å². The van der Waals surface area contributed by atoms with Gasteiger partial charge in [0, 0.05) is 19.1 Å². The van der Waals surface area contributed by atoms with Gasteiger partial charge < -0.3 is 5.32 Å². The average Bonchev–Trinajstić information content (AvgIpc) is 2.19. The summed E-state index contributed by atoms with van der Waals surface area (Å²) in [6, 6.07) is 11.1. The number of benzene rings is 1. The minimum atomic E-state index is 0.570. The van der Waals surface area contributed by atoms with Gasteiger partial charge in [-0.05, 0) is 26.6 Å². The fourth-order valence-electron chi connectivity index (χ4n) is 1.48. The monoisotopic (exact) mass is 192 g/mol. The first kappa shape index (κ1) is 11.2. The third kappa shape index (κ3) is 3.48. The topological polar surface area (TPSA) is 15.3 Å². The molecule has 2 heteroatoms. The van der Waals surface area contributed by atoms with Crippen molar-refractivity contribution in [2.24, 2.45) is 0 Å². The maximum absolute atomic E-state index is 3.19. The summed E-state index contributed by atoms with van der Waals surface area (Å²) in [4.78, 5) is 2.35. The molecular formula is C12H20N2. The normalized spacial score (nSPS) is 13.1. The van der Waals surface area contributed by atoms with E-state index in [4.69, 9.17) is 0 Å². The summed E-state index contributed by atoms with van der Waals surface area (Å²) in [5.41, 5.74) is 1.37. The molecule has 0 spiro atoms. The second-order valence-electron chi connectivity index (χ2n) is 3.81. The maximum Gasteiger partial charge on any atom is 0.0234 e. The fraction of sp³-hybridized carbons (Fsp3) is 0.500. The predicted octanol–water partition coefficient (Wildman–Crippen LogP) is 1.73. The number of hydrogen-bond donors (Lipinski definition) is 1. The predicted molar refractivity (Wildman–Crippen MR) is 61.3 cm³/mol. The van der Waals surface area contributed by atoms with Crippen LogP contribution in [-0.4, -0.2) is 31.6 Å². The van der Waals surface area contributed by atoms with Gasteiger partial charge in [0.25, 0.3) is 0 Å². The Bertz CT molecular complexity index is 246. The van der Waals surface area contributed by atoms with Crippen LogP contribution < -0.4 is 5.32 Å². The highest BCUT2D eigenvalue weighted by atomic mass is 15.1. The second kappa shape index (κ2) is 5.78. The summed E-state index contributed by atoms with van der Waals surface area (Å²) in [5, 5.41) is 3.19. The second-order valence-corrected chi connectivity index (χ2v) is 3.81. The molecule has 0 radical (unpaired) electrons. The van der Waals surface area contributed by atoms with E-state index in [1.165, 1.54) is 5.56 Å². The lowest BCUT2D eigenvalue weighted by Gasteiger charge is -2.24. The number of hydrogen-bond acceptors (Lipinski definition) is 2. The Morgan fingerprint density at radius 1 is 1.29 bits per heavy atom. The quantitative estimate of drug-likeness (QED) is 0.764. The summed E-state index contributed by atoms with van der Waals surface area (Å²) < 4.78 is 0. The molecule has 0 aliphatic carbocycles. The Kier molecular flexibility index (Phi) is 4.63. The summed E-state index contributed by atoms with van der Waals surface area (Å²) in [6.07, 6.45) is 0. The Labute approximate surface area is 86.9 Å². The van der Waals surface area contributed by atoms with Crippen LogP contribution in [0.2, 0.25) is 0 Å². The third-order valence-electron chi connectivity index (χ3n) is 2.53. The van der Waals surface area contributed by atoms with Crippen molar-refractivity contribution in [1.29, 1.82) is 0 Å².